The van der Waals surface area contributed by atoms with Crippen LogP contribution in [-0.2, 0) is 6.54 Å². The summed E-state index contributed by atoms with van der Waals surface area (Å²) in [6.07, 6.45) is 0. The van der Waals surface area contributed by atoms with Crippen LogP contribution < -0.4 is 10.1 Å². The molecule has 0 aliphatic carbocycles. The van der Waals surface area contributed by atoms with Crippen molar-refractivity contribution >= 4 is 11.6 Å². The summed E-state index contributed by atoms with van der Waals surface area (Å²) in [7, 11) is 0. The van der Waals surface area contributed by atoms with E-state index in [1.54, 1.807) is 4.68 Å². The average molecular weight is 446 g/mol. The van der Waals surface area contributed by atoms with Crippen LogP contribution in [0.4, 0.5) is 5.69 Å². The second-order valence-corrected chi connectivity index (χ2v) is 7.88. The van der Waals surface area contributed by atoms with Gasteiger partial charge in [0, 0.05) is 11.3 Å². The summed E-state index contributed by atoms with van der Waals surface area (Å²) in [5.74, 6) is 1.73. The fourth-order valence-electron chi connectivity index (χ4n) is 3.61. The summed E-state index contributed by atoms with van der Waals surface area (Å²) in [6, 6.07) is 13.5. The predicted octanol–water partition coefficient (Wildman–Crippen LogP) is 4.87. The van der Waals surface area contributed by atoms with Crippen LogP contribution in [0.2, 0.25) is 0 Å². The minimum absolute atomic E-state index is 0.283. The Morgan fingerprint density at radius 2 is 1.76 bits per heavy atom. The first kappa shape index (κ1) is 22.3. The number of carbonyl (C=O) groups excluding carboxylic acids is 1. The monoisotopic (exact) mass is 445 g/mol. The van der Waals surface area contributed by atoms with Crippen molar-refractivity contribution in [3.05, 3.63) is 76.4 Å². The van der Waals surface area contributed by atoms with Crippen LogP contribution in [0.3, 0.4) is 0 Å². The Hall–Kier alpha value is -3.94. The summed E-state index contributed by atoms with van der Waals surface area (Å²) >= 11 is 0. The Morgan fingerprint density at radius 3 is 2.42 bits per heavy atom. The van der Waals surface area contributed by atoms with Crippen LogP contribution in [-0.4, -0.2) is 32.5 Å². The first-order valence-electron chi connectivity index (χ1n) is 10.8. The van der Waals surface area contributed by atoms with E-state index in [1.807, 2.05) is 77.1 Å². The molecule has 2 aromatic heterocycles. The molecule has 0 aliphatic rings. The van der Waals surface area contributed by atoms with E-state index >= 15 is 0 Å². The summed E-state index contributed by atoms with van der Waals surface area (Å²) in [6.45, 7) is 10.5. The molecule has 0 atom stereocenters. The van der Waals surface area contributed by atoms with Gasteiger partial charge in [0.1, 0.15) is 17.2 Å². The Balaban J connectivity index is 1.52. The standard InChI is InChI=1S/C25H27N5O3/c1-6-32-20-12-10-19(11-13-20)25-26-21(18(5)33-25)14-30-17(4)23(28-29-30)24(31)27-22-15(2)8-7-9-16(22)3/h7-13H,6,14H2,1-5H3,(H,27,31). The maximum Gasteiger partial charge on any atom is 0.278 e. The van der Waals surface area contributed by atoms with E-state index in [9.17, 15) is 4.79 Å². The van der Waals surface area contributed by atoms with Crippen LogP contribution in [0.15, 0.2) is 46.9 Å². The van der Waals surface area contributed by atoms with Gasteiger partial charge in [-0.1, -0.05) is 23.4 Å². The van der Waals surface area contributed by atoms with E-state index in [4.69, 9.17) is 9.15 Å². The average Bonchev–Trinajstić information content (AvgIpc) is 3.34. The molecule has 4 rings (SSSR count). The number of carbonyl (C=O) groups is 1. The van der Waals surface area contributed by atoms with Crippen molar-refractivity contribution in [3.63, 3.8) is 0 Å². The Kier molecular flexibility index (Phi) is 6.26. The van der Waals surface area contributed by atoms with E-state index in [1.165, 1.54) is 0 Å². The lowest BCUT2D eigenvalue weighted by Gasteiger charge is -2.10. The third-order valence-corrected chi connectivity index (χ3v) is 5.52. The number of aromatic nitrogens is 4. The smallest absolute Gasteiger partial charge is 0.278 e. The number of rotatable bonds is 7. The molecule has 0 unspecified atom stereocenters. The number of amides is 1. The van der Waals surface area contributed by atoms with Gasteiger partial charge in [-0.25, -0.2) is 9.67 Å². The number of para-hydroxylation sites is 1. The second kappa shape index (κ2) is 9.28. The quantitative estimate of drug-likeness (QED) is 0.436. The van der Waals surface area contributed by atoms with Crippen LogP contribution in [0, 0.1) is 27.7 Å². The largest absolute Gasteiger partial charge is 0.494 e. The molecule has 0 fully saturated rings. The topological polar surface area (TPSA) is 95.1 Å². The molecule has 0 spiro atoms. The van der Waals surface area contributed by atoms with Gasteiger partial charge < -0.3 is 14.5 Å². The van der Waals surface area contributed by atoms with E-state index in [-0.39, 0.29) is 11.6 Å². The highest BCUT2D eigenvalue weighted by Crippen LogP contribution is 2.25. The minimum Gasteiger partial charge on any atom is -0.494 e. The number of anilines is 1. The van der Waals surface area contributed by atoms with Gasteiger partial charge in [-0.3, -0.25) is 4.79 Å². The summed E-state index contributed by atoms with van der Waals surface area (Å²) in [4.78, 5) is 17.5. The van der Waals surface area contributed by atoms with Crippen LogP contribution in [0.1, 0.15) is 45.7 Å². The maximum atomic E-state index is 12.9. The third kappa shape index (κ3) is 4.64. The zero-order valence-electron chi connectivity index (χ0n) is 19.5. The minimum atomic E-state index is -0.289. The lowest BCUT2D eigenvalue weighted by atomic mass is 10.1. The summed E-state index contributed by atoms with van der Waals surface area (Å²) in [5.41, 5.74) is 5.31. The van der Waals surface area contributed by atoms with Crippen molar-refractivity contribution in [2.24, 2.45) is 0 Å². The molecule has 0 bridgehead atoms. The van der Waals surface area contributed by atoms with Gasteiger partial charge >= 0.3 is 0 Å². The fraction of sp³-hybridized carbons (Fsp3) is 0.280. The first-order valence-corrected chi connectivity index (χ1v) is 10.8. The van der Waals surface area contributed by atoms with E-state index in [2.05, 4.69) is 20.6 Å². The molecular formula is C25H27N5O3. The Morgan fingerprint density at radius 1 is 1.06 bits per heavy atom. The molecule has 8 nitrogen and oxygen atoms in total. The molecule has 1 N–H and O–H groups in total. The Labute approximate surface area is 192 Å². The number of nitrogens with zero attached hydrogens (tertiary/aromatic N) is 4. The third-order valence-electron chi connectivity index (χ3n) is 5.52. The van der Waals surface area contributed by atoms with Crippen LogP contribution in [0.5, 0.6) is 5.75 Å². The highest BCUT2D eigenvalue weighted by Gasteiger charge is 2.20. The highest BCUT2D eigenvalue weighted by atomic mass is 16.5. The van der Waals surface area contributed by atoms with E-state index < -0.39 is 0 Å². The number of oxazole rings is 1. The summed E-state index contributed by atoms with van der Waals surface area (Å²) < 4.78 is 13.0. The number of nitrogens with one attached hydrogen (secondary N) is 1. The van der Waals surface area contributed by atoms with Gasteiger partial charge in [0.2, 0.25) is 5.89 Å². The molecule has 0 aliphatic heterocycles. The van der Waals surface area contributed by atoms with Crippen molar-refractivity contribution in [2.45, 2.75) is 41.2 Å². The lowest BCUT2D eigenvalue weighted by Crippen LogP contribution is -2.16. The number of benzene rings is 2. The number of hydrogen-bond donors (Lipinski definition) is 1. The first-order chi connectivity index (χ1) is 15.9. The zero-order valence-corrected chi connectivity index (χ0v) is 19.5. The van der Waals surface area contributed by atoms with Crippen LogP contribution >= 0.6 is 0 Å². The van der Waals surface area contributed by atoms with Crippen molar-refractivity contribution in [1.82, 2.24) is 20.0 Å². The van der Waals surface area contributed by atoms with Gasteiger partial charge in [-0.2, -0.15) is 0 Å². The molecule has 0 saturated heterocycles. The fourth-order valence-corrected chi connectivity index (χ4v) is 3.61. The Bertz CT molecular complexity index is 1270. The van der Waals surface area contributed by atoms with Gasteiger partial charge in [0.25, 0.3) is 5.91 Å². The molecule has 0 saturated carbocycles. The molecule has 0 radical (unpaired) electrons. The molecule has 170 valence electrons. The van der Waals surface area contributed by atoms with Gasteiger partial charge in [-0.15, -0.1) is 5.10 Å². The van der Waals surface area contributed by atoms with Crippen LogP contribution in [0.25, 0.3) is 11.5 Å². The van der Waals surface area contributed by atoms with E-state index in [0.29, 0.717) is 30.5 Å². The van der Waals surface area contributed by atoms with E-state index in [0.717, 1.165) is 33.8 Å². The van der Waals surface area contributed by atoms with Crippen molar-refractivity contribution in [2.75, 3.05) is 11.9 Å². The molecule has 33 heavy (non-hydrogen) atoms. The molecule has 1 amide bonds. The molecule has 8 heteroatoms. The van der Waals surface area contributed by atoms with Crippen molar-refractivity contribution < 1.29 is 13.9 Å². The molecule has 4 aromatic rings. The van der Waals surface area contributed by atoms with Crippen molar-refractivity contribution in [1.29, 1.82) is 0 Å². The van der Waals surface area contributed by atoms with Gasteiger partial charge in [0.15, 0.2) is 5.69 Å². The number of aryl methyl sites for hydroxylation is 3. The van der Waals surface area contributed by atoms with Crippen molar-refractivity contribution in [3.8, 4) is 17.2 Å². The SMILES string of the molecule is CCOc1ccc(-c2nc(Cn3nnc(C(=O)Nc4c(C)cccc4C)c3C)c(C)o2)cc1. The highest BCUT2D eigenvalue weighted by molar-refractivity contribution is 6.04. The normalized spacial score (nSPS) is 10.9. The van der Waals surface area contributed by atoms with Gasteiger partial charge in [-0.05, 0) is 70.0 Å². The maximum absolute atomic E-state index is 12.9. The molecular weight excluding hydrogens is 418 g/mol. The molecule has 2 heterocycles. The number of hydrogen-bond acceptors (Lipinski definition) is 6. The second-order valence-electron chi connectivity index (χ2n) is 7.88. The number of ether oxygens (including phenoxy) is 1. The predicted molar refractivity (Wildman–Crippen MR) is 126 cm³/mol. The zero-order chi connectivity index (χ0) is 23.5. The molecule has 2 aromatic carbocycles. The lowest BCUT2D eigenvalue weighted by molar-refractivity contribution is 0.102. The summed E-state index contributed by atoms with van der Waals surface area (Å²) in [5, 5.41) is 11.3. The van der Waals surface area contributed by atoms with Gasteiger partial charge in [0.05, 0.1) is 18.8 Å².